The molecule has 0 aromatic heterocycles. The average Bonchev–Trinajstić information content (AvgIpc) is 2.11. The van der Waals surface area contributed by atoms with Crippen LogP contribution in [0.2, 0.25) is 0 Å². The minimum atomic E-state index is -2.35. The molecule has 4 heteroatoms. The monoisotopic (exact) mass is 229 g/mol. The lowest BCUT2D eigenvalue weighted by atomic mass is 9.50. The lowest BCUT2D eigenvalue weighted by Crippen LogP contribution is -2.57. The molecular weight excluding hydrogens is 212 g/mol. The summed E-state index contributed by atoms with van der Waals surface area (Å²) in [5.41, 5.74) is -0.332. The predicted octanol–water partition coefficient (Wildman–Crippen LogP) is 2.01. The van der Waals surface area contributed by atoms with E-state index in [1.807, 2.05) is 0 Å². The van der Waals surface area contributed by atoms with Crippen molar-refractivity contribution in [1.82, 2.24) is 0 Å². The summed E-state index contributed by atoms with van der Waals surface area (Å²) < 4.78 is 26.9. The van der Waals surface area contributed by atoms with E-state index in [0.29, 0.717) is 11.8 Å². The Bertz CT molecular complexity index is 290. The van der Waals surface area contributed by atoms with Gasteiger partial charge in [-0.1, -0.05) is 6.92 Å². The van der Waals surface area contributed by atoms with Gasteiger partial charge in [-0.25, -0.2) is 4.21 Å². The van der Waals surface area contributed by atoms with Crippen molar-refractivity contribution in [2.24, 2.45) is 23.7 Å². The van der Waals surface area contributed by atoms with E-state index in [9.17, 15) is 8.76 Å². The van der Waals surface area contributed by atoms with Gasteiger partial charge in [-0.15, -0.1) is 0 Å². The maximum Gasteiger partial charge on any atom is 0.0877 e. The van der Waals surface area contributed by atoms with Gasteiger partial charge in [-0.2, -0.15) is 0 Å². The first-order valence-corrected chi connectivity index (χ1v) is 6.88. The van der Waals surface area contributed by atoms with E-state index in [-0.39, 0.29) is 5.60 Å². The summed E-state index contributed by atoms with van der Waals surface area (Å²) in [4.78, 5) is 0. The molecule has 4 unspecified atom stereocenters. The van der Waals surface area contributed by atoms with Crippen molar-refractivity contribution in [2.75, 3.05) is 0 Å². The lowest BCUT2D eigenvalue weighted by molar-refractivity contribution is -0.147. The molecule has 0 N–H and O–H groups in total. The van der Waals surface area contributed by atoms with Gasteiger partial charge in [0.25, 0.3) is 0 Å². The Hall–Kier alpha value is 0.0700. The van der Waals surface area contributed by atoms with E-state index in [1.54, 1.807) is 0 Å². The van der Waals surface area contributed by atoms with Gasteiger partial charge < -0.3 is 4.55 Å². The van der Waals surface area contributed by atoms with Gasteiger partial charge in [0, 0.05) is 0 Å². The molecular formula is C11H17O3S-. The highest BCUT2D eigenvalue weighted by Crippen LogP contribution is 2.59. The van der Waals surface area contributed by atoms with E-state index in [2.05, 4.69) is 6.92 Å². The van der Waals surface area contributed by atoms with Crippen LogP contribution in [0, 0.1) is 23.7 Å². The lowest BCUT2D eigenvalue weighted by Gasteiger charge is -2.59. The summed E-state index contributed by atoms with van der Waals surface area (Å²) in [6, 6.07) is 0. The van der Waals surface area contributed by atoms with E-state index >= 15 is 0 Å². The zero-order chi connectivity index (χ0) is 10.6. The van der Waals surface area contributed by atoms with Crippen LogP contribution in [0.3, 0.4) is 0 Å². The van der Waals surface area contributed by atoms with E-state index in [0.717, 1.165) is 24.7 Å². The zero-order valence-electron chi connectivity index (χ0n) is 8.98. The molecule has 15 heavy (non-hydrogen) atoms. The molecule has 86 valence electrons. The molecule has 4 saturated carbocycles. The highest BCUT2D eigenvalue weighted by molar-refractivity contribution is 7.74. The molecule has 0 aromatic carbocycles. The van der Waals surface area contributed by atoms with E-state index < -0.39 is 11.4 Å². The molecule has 4 aliphatic rings. The fourth-order valence-electron chi connectivity index (χ4n) is 4.50. The van der Waals surface area contributed by atoms with E-state index in [4.69, 9.17) is 4.18 Å². The molecule has 4 atom stereocenters. The molecule has 4 aliphatic carbocycles. The van der Waals surface area contributed by atoms with Crippen molar-refractivity contribution in [3.8, 4) is 0 Å². The van der Waals surface area contributed by atoms with Crippen molar-refractivity contribution in [3.63, 3.8) is 0 Å². The van der Waals surface area contributed by atoms with Gasteiger partial charge in [-0.05, 0) is 55.8 Å². The van der Waals surface area contributed by atoms with Crippen LogP contribution >= 0.6 is 0 Å². The topological polar surface area (TPSA) is 49.4 Å². The maximum atomic E-state index is 10.8. The predicted molar refractivity (Wildman–Crippen MR) is 55.5 cm³/mol. The highest BCUT2D eigenvalue weighted by Gasteiger charge is 2.56. The summed E-state index contributed by atoms with van der Waals surface area (Å²) in [6.07, 6.45) is 5.84. The van der Waals surface area contributed by atoms with Crippen molar-refractivity contribution < 1.29 is 12.9 Å². The quantitative estimate of drug-likeness (QED) is 0.681. The second-order valence-electron chi connectivity index (χ2n) is 5.75. The minimum absolute atomic E-state index is 0.332. The first-order chi connectivity index (χ1) is 7.09. The smallest absolute Gasteiger partial charge is 0.0877 e. The van der Waals surface area contributed by atoms with Gasteiger partial charge >= 0.3 is 0 Å². The second-order valence-corrected chi connectivity index (χ2v) is 6.32. The highest BCUT2D eigenvalue weighted by atomic mass is 32.2. The van der Waals surface area contributed by atoms with E-state index in [1.165, 1.54) is 19.3 Å². The van der Waals surface area contributed by atoms with Crippen LogP contribution < -0.4 is 0 Å². The largest absolute Gasteiger partial charge is 0.750 e. The summed E-state index contributed by atoms with van der Waals surface area (Å²) >= 11 is -2.35. The van der Waals surface area contributed by atoms with Crippen molar-refractivity contribution in [1.29, 1.82) is 0 Å². The second kappa shape index (κ2) is 3.28. The Morgan fingerprint density at radius 1 is 1.27 bits per heavy atom. The molecule has 0 spiro atoms. The molecule has 0 radical (unpaired) electrons. The van der Waals surface area contributed by atoms with Crippen LogP contribution in [0.1, 0.15) is 39.0 Å². The standard InChI is InChI=1S/C11H18O3S/c1-7-10-3-8-2-9(4-10)6-11(7,5-8)14-15(12)13/h7-10H,2-6H2,1H3,(H,12,13)/p-1. The molecule has 4 bridgehead atoms. The minimum Gasteiger partial charge on any atom is -0.750 e. The van der Waals surface area contributed by atoms with Crippen LogP contribution in [0.5, 0.6) is 0 Å². The third-order valence-electron chi connectivity index (χ3n) is 4.98. The summed E-state index contributed by atoms with van der Waals surface area (Å²) in [7, 11) is 0. The van der Waals surface area contributed by atoms with Crippen molar-refractivity contribution in [2.45, 2.75) is 44.6 Å². The van der Waals surface area contributed by atoms with Gasteiger partial charge in [0.1, 0.15) is 0 Å². The number of rotatable bonds is 2. The van der Waals surface area contributed by atoms with Gasteiger partial charge in [0.15, 0.2) is 0 Å². The molecule has 0 amide bonds. The molecule has 4 rings (SSSR count). The summed E-state index contributed by atoms with van der Waals surface area (Å²) in [6.45, 7) is 2.18. The molecule has 3 nitrogen and oxygen atoms in total. The Balaban J connectivity index is 1.90. The first kappa shape index (κ1) is 10.2. The first-order valence-electron chi connectivity index (χ1n) is 5.88. The molecule has 0 heterocycles. The van der Waals surface area contributed by atoms with Crippen LogP contribution in [0.4, 0.5) is 0 Å². The molecule has 0 aromatic rings. The fourth-order valence-corrected chi connectivity index (χ4v) is 5.06. The number of hydrogen-bond donors (Lipinski definition) is 0. The Morgan fingerprint density at radius 2 is 1.87 bits per heavy atom. The Morgan fingerprint density at radius 3 is 2.40 bits per heavy atom. The van der Waals surface area contributed by atoms with Crippen molar-refractivity contribution >= 4 is 11.4 Å². The zero-order valence-corrected chi connectivity index (χ0v) is 9.79. The number of hydrogen-bond acceptors (Lipinski definition) is 3. The third-order valence-corrected chi connectivity index (χ3v) is 5.45. The molecule has 0 aliphatic heterocycles. The molecule has 0 saturated heterocycles. The maximum absolute atomic E-state index is 10.8. The van der Waals surface area contributed by atoms with Gasteiger partial charge in [-0.3, -0.25) is 4.18 Å². The molecule has 4 fully saturated rings. The van der Waals surface area contributed by atoms with Crippen molar-refractivity contribution in [3.05, 3.63) is 0 Å². The van der Waals surface area contributed by atoms with Crippen LogP contribution in [-0.2, 0) is 15.5 Å². The normalized spacial score (nSPS) is 54.5. The van der Waals surface area contributed by atoms with Crippen LogP contribution in [0.15, 0.2) is 0 Å². The SMILES string of the molecule is CC1C2CC3CC(C2)CC1(OS(=O)[O-])C3. The fraction of sp³-hybridized carbons (Fsp3) is 1.00. The summed E-state index contributed by atoms with van der Waals surface area (Å²) in [5, 5.41) is 0. The summed E-state index contributed by atoms with van der Waals surface area (Å²) in [5.74, 6) is 2.58. The Labute approximate surface area is 93.1 Å². The Kier molecular flexibility index (Phi) is 2.24. The average molecular weight is 229 g/mol. The van der Waals surface area contributed by atoms with Gasteiger partial charge in [0.2, 0.25) is 0 Å². The third kappa shape index (κ3) is 1.49. The van der Waals surface area contributed by atoms with Gasteiger partial charge in [0.05, 0.1) is 17.0 Å². The van der Waals surface area contributed by atoms with Crippen LogP contribution in [-0.4, -0.2) is 14.4 Å². The van der Waals surface area contributed by atoms with Crippen LogP contribution in [0.25, 0.3) is 0 Å².